The van der Waals surface area contributed by atoms with Crippen LogP contribution in [0.4, 0.5) is 5.69 Å². The van der Waals surface area contributed by atoms with Crippen molar-refractivity contribution in [3.05, 3.63) is 35.3 Å². The molecule has 0 saturated carbocycles. The summed E-state index contributed by atoms with van der Waals surface area (Å²) in [6.07, 6.45) is 0. The van der Waals surface area contributed by atoms with Gasteiger partial charge in [-0.3, -0.25) is 0 Å². The van der Waals surface area contributed by atoms with Crippen molar-refractivity contribution in [1.82, 2.24) is 4.98 Å². The van der Waals surface area contributed by atoms with Crippen LogP contribution in [0.5, 0.6) is 0 Å². The molecule has 1 aromatic carbocycles. The monoisotopic (exact) mass is 206 g/mol. The number of rotatable bonds is 2. The number of benzene rings is 1. The summed E-state index contributed by atoms with van der Waals surface area (Å²) in [6, 6.07) is 7.58. The molecule has 3 N–H and O–H groups in total. The lowest BCUT2D eigenvalue weighted by Gasteiger charge is -1.99. The van der Waals surface area contributed by atoms with E-state index in [0.29, 0.717) is 11.4 Å². The van der Waals surface area contributed by atoms with Crippen molar-refractivity contribution in [1.29, 1.82) is 0 Å². The number of aromatic nitrogens is 1. The summed E-state index contributed by atoms with van der Waals surface area (Å²) in [5.41, 5.74) is 8.14. The Balaban J connectivity index is 2.44. The normalized spacial score (nSPS) is 10.4. The summed E-state index contributed by atoms with van der Waals surface area (Å²) in [5.74, 6) is 0. The van der Waals surface area contributed by atoms with Gasteiger partial charge in [0.2, 0.25) is 0 Å². The minimum atomic E-state index is -0.0246. The molecule has 0 amide bonds. The van der Waals surface area contributed by atoms with Gasteiger partial charge in [0.25, 0.3) is 0 Å². The number of para-hydroxylation sites is 1. The topological polar surface area (TPSA) is 59.1 Å². The molecule has 0 fully saturated rings. The van der Waals surface area contributed by atoms with Crippen LogP contribution < -0.4 is 5.73 Å². The number of nitrogens with two attached hydrogens (primary N) is 1. The molecule has 0 spiro atoms. The van der Waals surface area contributed by atoms with Gasteiger partial charge in [-0.25, -0.2) is 4.98 Å². The number of aliphatic hydroxyl groups excluding tert-OH is 1. The van der Waals surface area contributed by atoms with Crippen LogP contribution in [0.2, 0.25) is 0 Å². The van der Waals surface area contributed by atoms with E-state index < -0.39 is 0 Å². The molecule has 72 valence electrons. The maximum Gasteiger partial charge on any atom is 0.125 e. The average Bonchev–Trinajstić information content (AvgIpc) is 2.67. The smallest absolute Gasteiger partial charge is 0.125 e. The fourth-order valence-corrected chi connectivity index (χ4v) is 2.05. The zero-order chi connectivity index (χ0) is 9.97. The number of hydrogen-bond acceptors (Lipinski definition) is 4. The molecule has 1 aromatic heterocycles. The predicted molar refractivity (Wildman–Crippen MR) is 57.9 cm³/mol. The number of nitrogens with zero attached hydrogens (tertiary/aromatic N) is 1. The van der Waals surface area contributed by atoms with Crippen molar-refractivity contribution in [3.63, 3.8) is 0 Å². The number of hydrogen-bond donors (Lipinski definition) is 2. The van der Waals surface area contributed by atoms with Crippen molar-refractivity contribution in [2.45, 2.75) is 6.61 Å². The third kappa shape index (κ3) is 1.62. The van der Waals surface area contributed by atoms with Crippen molar-refractivity contribution in [3.8, 4) is 10.6 Å². The van der Waals surface area contributed by atoms with Crippen LogP contribution in [0.1, 0.15) is 5.69 Å². The lowest BCUT2D eigenvalue weighted by molar-refractivity contribution is 0.278. The second-order valence-electron chi connectivity index (χ2n) is 2.89. The highest BCUT2D eigenvalue weighted by Crippen LogP contribution is 2.28. The maximum atomic E-state index is 8.88. The number of aliphatic hydroxyl groups is 1. The van der Waals surface area contributed by atoms with Gasteiger partial charge in [0.15, 0.2) is 0 Å². The Kier molecular flexibility index (Phi) is 2.47. The third-order valence-corrected chi connectivity index (χ3v) is 2.83. The fourth-order valence-electron chi connectivity index (χ4n) is 1.20. The number of nitrogen functional groups attached to an aromatic ring is 1. The molecule has 1 heterocycles. The van der Waals surface area contributed by atoms with Crippen molar-refractivity contribution < 1.29 is 5.11 Å². The summed E-state index contributed by atoms with van der Waals surface area (Å²) in [6.45, 7) is -0.0246. The van der Waals surface area contributed by atoms with E-state index in [1.54, 1.807) is 0 Å². The standard InChI is InChI=1S/C10H10N2OS/c11-9-4-2-1-3-8(9)10-12-7(5-13)6-14-10/h1-4,6,13H,5,11H2. The Morgan fingerprint density at radius 2 is 2.14 bits per heavy atom. The van der Waals surface area contributed by atoms with E-state index in [-0.39, 0.29) is 6.61 Å². The van der Waals surface area contributed by atoms with Crippen LogP contribution in [0.3, 0.4) is 0 Å². The molecule has 2 rings (SSSR count). The van der Waals surface area contributed by atoms with E-state index in [1.165, 1.54) is 11.3 Å². The summed E-state index contributed by atoms with van der Waals surface area (Å²) < 4.78 is 0. The summed E-state index contributed by atoms with van der Waals surface area (Å²) >= 11 is 1.49. The highest BCUT2D eigenvalue weighted by atomic mass is 32.1. The van der Waals surface area contributed by atoms with E-state index in [4.69, 9.17) is 10.8 Å². The van der Waals surface area contributed by atoms with Crippen molar-refractivity contribution in [2.75, 3.05) is 5.73 Å². The Morgan fingerprint density at radius 1 is 1.36 bits per heavy atom. The van der Waals surface area contributed by atoms with E-state index >= 15 is 0 Å². The first-order chi connectivity index (χ1) is 6.81. The molecule has 2 aromatic rings. The predicted octanol–water partition coefficient (Wildman–Crippen LogP) is 1.88. The first kappa shape index (κ1) is 9.18. The SMILES string of the molecule is Nc1ccccc1-c1nc(CO)cs1. The van der Waals surface area contributed by atoms with E-state index in [9.17, 15) is 0 Å². The quantitative estimate of drug-likeness (QED) is 0.738. The van der Waals surface area contributed by atoms with Crippen LogP contribution in [0.15, 0.2) is 29.6 Å². The molecule has 4 heteroatoms. The zero-order valence-corrected chi connectivity index (χ0v) is 8.29. The van der Waals surface area contributed by atoms with Gasteiger partial charge in [-0.1, -0.05) is 12.1 Å². The van der Waals surface area contributed by atoms with E-state index in [2.05, 4.69) is 4.98 Å². The molecule has 0 unspecified atom stereocenters. The van der Waals surface area contributed by atoms with Gasteiger partial charge in [-0.2, -0.15) is 0 Å². The number of anilines is 1. The Bertz CT molecular complexity index is 439. The summed E-state index contributed by atoms with van der Waals surface area (Å²) in [5, 5.41) is 11.6. The highest BCUT2D eigenvalue weighted by molar-refractivity contribution is 7.13. The molecule has 0 atom stereocenters. The molecular formula is C10H10N2OS. The minimum absolute atomic E-state index is 0.0246. The van der Waals surface area contributed by atoms with Gasteiger partial charge in [0, 0.05) is 16.6 Å². The minimum Gasteiger partial charge on any atom is -0.398 e. The van der Waals surface area contributed by atoms with Crippen LogP contribution in [-0.2, 0) is 6.61 Å². The van der Waals surface area contributed by atoms with Crippen LogP contribution in [-0.4, -0.2) is 10.1 Å². The first-order valence-corrected chi connectivity index (χ1v) is 5.09. The molecule has 3 nitrogen and oxygen atoms in total. The highest BCUT2D eigenvalue weighted by Gasteiger charge is 2.06. The first-order valence-electron chi connectivity index (χ1n) is 4.21. The van der Waals surface area contributed by atoms with Gasteiger partial charge in [-0.15, -0.1) is 11.3 Å². The maximum absolute atomic E-state index is 8.88. The second kappa shape index (κ2) is 3.77. The molecule has 0 aliphatic rings. The van der Waals surface area contributed by atoms with Gasteiger partial charge in [0.05, 0.1) is 12.3 Å². The molecule has 0 saturated heterocycles. The molecule has 0 aliphatic heterocycles. The zero-order valence-electron chi connectivity index (χ0n) is 7.47. The summed E-state index contributed by atoms with van der Waals surface area (Å²) in [4.78, 5) is 4.25. The van der Waals surface area contributed by atoms with Gasteiger partial charge >= 0.3 is 0 Å². The summed E-state index contributed by atoms with van der Waals surface area (Å²) in [7, 11) is 0. The largest absolute Gasteiger partial charge is 0.398 e. The molecular weight excluding hydrogens is 196 g/mol. The molecule has 14 heavy (non-hydrogen) atoms. The Labute approximate surface area is 85.8 Å². The average molecular weight is 206 g/mol. The third-order valence-electron chi connectivity index (χ3n) is 1.90. The Morgan fingerprint density at radius 3 is 2.79 bits per heavy atom. The molecule has 0 radical (unpaired) electrons. The van der Waals surface area contributed by atoms with E-state index in [1.807, 2.05) is 29.6 Å². The van der Waals surface area contributed by atoms with Crippen molar-refractivity contribution in [2.24, 2.45) is 0 Å². The van der Waals surface area contributed by atoms with Crippen LogP contribution >= 0.6 is 11.3 Å². The van der Waals surface area contributed by atoms with Crippen LogP contribution in [0, 0.1) is 0 Å². The van der Waals surface area contributed by atoms with Gasteiger partial charge < -0.3 is 10.8 Å². The van der Waals surface area contributed by atoms with E-state index in [0.717, 1.165) is 10.6 Å². The van der Waals surface area contributed by atoms with Crippen molar-refractivity contribution >= 4 is 17.0 Å². The van der Waals surface area contributed by atoms with Gasteiger partial charge in [-0.05, 0) is 12.1 Å². The molecule has 0 bridgehead atoms. The second-order valence-corrected chi connectivity index (χ2v) is 3.75. The molecule has 0 aliphatic carbocycles. The lowest BCUT2D eigenvalue weighted by atomic mass is 10.2. The van der Waals surface area contributed by atoms with Crippen LogP contribution in [0.25, 0.3) is 10.6 Å². The van der Waals surface area contributed by atoms with Gasteiger partial charge in [0.1, 0.15) is 5.01 Å². The fraction of sp³-hybridized carbons (Fsp3) is 0.100. The Hall–Kier alpha value is -1.39. The number of thiazole rings is 1. The lowest BCUT2D eigenvalue weighted by Crippen LogP contribution is -1.89.